The lowest BCUT2D eigenvalue weighted by atomic mass is 10.1. The molecule has 0 amide bonds. The second-order valence-electron chi connectivity index (χ2n) is 8.62. The van der Waals surface area contributed by atoms with Crippen LogP contribution in [0.15, 0.2) is 82.5 Å². The molecule has 2 heterocycles. The van der Waals surface area contributed by atoms with Crippen molar-refractivity contribution in [2.24, 2.45) is 5.73 Å². The van der Waals surface area contributed by atoms with E-state index >= 15 is 0 Å². The molecule has 0 spiro atoms. The number of H-pyrrole nitrogens is 2. The highest BCUT2D eigenvalue weighted by Gasteiger charge is 2.41. The molecule has 0 aliphatic heterocycles. The van der Waals surface area contributed by atoms with Crippen molar-refractivity contribution in [3.05, 3.63) is 121 Å². The summed E-state index contributed by atoms with van der Waals surface area (Å²) in [4.78, 5) is 57.4. The van der Waals surface area contributed by atoms with Crippen molar-refractivity contribution in [3.63, 3.8) is 0 Å². The number of carbonyl (C=O) groups is 2. The predicted molar refractivity (Wildman–Crippen MR) is 140 cm³/mol. The van der Waals surface area contributed by atoms with Crippen LogP contribution in [0.5, 0.6) is 11.5 Å². The highest BCUT2D eigenvalue weighted by atomic mass is 19.4. The molecule has 2 aromatic heterocycles. The van der Waals surface area contributed by atoms with Gasteiger partial charge >= 0.3 is 18.1 Å². The fourth-order valence-electron chi connectivity index (χ4n) is 3.48. The van der Waals surface area contributed by atoms with Gasteiger partial charge in [-0.25, -0.2) is 9.59 Å². The van der Waals surface area contributed by atoms with E-state index in [2.05, 4.69) is 19.7 Å². The monoisotopic (exact) mass is 566 g/mol. The first kappa shape index (κ1) is 28.7. The summed E-state index contributed by atoms with van der Waals surface area (Å²) in [5, 5.41) is 0.0596. The number of benzene rings is 2. The minimum Gasteiger partial charge on any atom is -0.424 e. The number of ether oxygens (including phenoxy) is 2. The van der Waals surface area contributed by atoms with Gasteiger partial charge in [-0.2, -0.15) is 13.2 Å². The van der Waals surface area contributed by atoms with Crippen LogP contribution >= 0.6 is 0 Å². The SMILES string of the molecule is NC(Cc1ccc(OC(=O)C(F)(F)F)cc1)C(=O)Oc1ccc(C=c2[nH]c(=O)/c(=C/c3ccccc3)[nH]c2=O)nc1. The molecular formula is C28H21F3N4O6. The normalized spacial score (nSPS) is 13.1. The fourth-order valence-corrected chi connectivity index (χ4v) is 3.48. The van der Waals surface area contributed by atoms with Crippen molar-refractivity contribution in [2.75, 3.05) is 0 Å². The van der Waals surface area contributed by atoms with Crippen molar-refractivity contribution in [1.82, 2.24) is 15.0 Å². The smallest absolute Gasteiger partial charge is 0.424 e. The summed E-state index contributed by atoms with van der Waals surface area (Å²) in [5.74, 6) is -3.41. The van der Waals surface area contributed by atoms with Gasteiger partial charge in [0.2, 0.25) is 0 Å². The second-order valence-corrected chi connectivity index (χ2v) is 8.62. The average molecular weight is 566 g/mol. The first-order valence-electron chi connectivity index (χ1n) is 11.9. The Labute approximate surface area is 228 Å². The summed E-state index contributed by atoms with van der Waals surface area (Å²) in [6, 6.07) is 15.7. The number of halogens is 3. The molecule has 0 radical (unpaired) electrons. The summed E-state index contributed by atoms with van der Waals surface area (Å²) >= 11 is 0. The maximum atomic E-state index is 12.5. The molecule has 1 unspecified atom stereocenters. The Morgan fingerprint density at radius 1 is 0.854 bits per heavy atom. The minimum absolute atomic E-state index is 0.0144. The topological polar surface area (TPSA) is 157 Å². The van der Waals surface area contributed by atoms with Crippen LogP contribution in [0.4, 0.5) is 13.2 Å². The lowest BCUT2D eigenvalue weighted by Crippen LogP contribution is -2.46. The Balaban J connectivity index is 1.39. The molecule has 0 saturated heterocycles. The van der Waals surface area contributed by atoms with Gasteiger partial charge in [0, 0.05) is 0 Å². The minimum atomic E-state index is -5.13. The molecule has 0 bridgehead atoms. The average Bonchev–Trinajstić information content (AvgIpc) is 2.93. The molecule has 0 aliphatic carbocycles. The third-order valence-corrected chi connectivity index (χ3v) is 5.49. The van der Waals surface area contributed by atoms with E-state index in [1.54, 1.807) is 30.3 Å². The number of pyridine rings is 1. The van der Waals surface area contributed by atoms with Gasteiger partial charge < -0.3 is 25.2 Å². The molecule has 210 valence electrons. The van der Waals surface area contributed by atoms with Crippen LogP contribution in [0.2, 0.25) is 0 Å². The molecular weight excluding hydrogens is 545 g/mol. The van der Waals surface area contributed by atoms with Crippen LogP contribution in [-0.2, 0) is 16.0 Å². The Hall–Kier alpha value is -5.30. The van der Waals surface area contributed by atoms with E-state index in [-0.39, 0.29) is 28.6 Å². The molecule has 4 N–H and O–H groups in total. The number of esters is 2. The van der Waals surface area contributed by atoms with E-state index in [9.17, 15) is 32.3 Å². The number of aromatic amines is 2. The van der Waals surface area contributed by atoms with Gasteiger partial charge in [0.15, 0.2) is 0 Å². The standard InChI is InChI=1S/C28H21F3N4O6/c29-28(30,31)27(39)41-19-9-6-17(7-10-19)12-21(32)26(38)40-20-11-8-18(33-15-20)14-23-25(37)34-22(24(36)35-23)13-16-4-2-1-3-5-16/h1-11,13-15,21H,12,32H2,(H,34,37)(H,35,36)/b22-13-,23-14?. The number of rotatable bonds is 7. The highest BCUT2D eigenvalue weighted by Crippen LogP contribution is 2.21. The molecule has 0 aliphatic rings. The van der Waals surface area contributed by atoms with Gasteiger partial charge in [-0.1, -0.05) is 42.5 Å². The fraction of sp³-hybridized carbons (Fsp3) is 0.107. The van der Waals surface area contributed by atoms with Crippen molar-refractivity contribution in [3.8, 4) is 11.5 Å². The summed E-state index contributed by atoms with van der Waals surface area (Å²) in [6.45, 7) is 0. The Bertz CT molecular complexity index is 1780. The second kappa shape index (κ2) is 12.3. The van der Waals surface area contributed by atoms with Gasteiger partial charge in [-0.3, -0.25) is 14.6 Å². The summed E-state index contributed by atoms with van der Waals surface area (Å²) in [6.07, 6.45) is -1.02. The van der Waals surface area contributed by atoms with E-state index in [0.717, 1.165) is 17.7 Å². The zero-order valence-corrected chi connectivity index (χ0v) is 21.0. The zero-order valence-electron chi connectivity index (χ0n) is 21.0. The maximum absolute atomic E-state index is 12.5. The van der Waals surface area contributed by atoms with E-state index in [1.165, 1.54) is 36.5 Å². The van der Waals surface area contributed by atoms with Crippen LogP contribution in [0.25, 0.3) is 12.2 Å². The first-order valence-corrected chi connectivity index (χ1v) is 11.9. The van der Waals surface area contributed by atoms with Crippen LogP contribution in [0.3, 0.4) is 0 Å². The summed E-state index contributed by atoms with van der Waals surface area (Å²) < 4.78 is 46.3. The molecule has 0 saturated carbocycles. The van der Waals surface area contributed by atoms with Crippen LogP contribution in [0.1, 0.15) is 16.8 Å². The lowest BCUT2D eigenvalue weighted by Gasteiger charge is -2.12. The van der Waals surface area contributed by atoms with Crippen molar-refractivity contribution < 1.29 is 32.2 Å². The number of hydrogen-bond donors (Lipinski definition) is 3. The van der Waals surface area contributed by atoms with Crippen LogP contribution in [0, 0.1) is 0 Å². The van der Waals surface area contributed by atoms with E-state index in [0.29, 0.717) is 11.3 Å². The number of aromatic nitrogens is 3. The first-order chi connectivity index (χ1) is 19.5. The molecule has 10 nitrogen and oxygen atoms in total. The van der Waals surface area contributed by atoms with Crippen molar-refractivity contribution in [1.29, 1.82) is 0 Å². The van der Waals surface area contributed by atoms with Crippen LogP contribution < -0.4 is 37.0 Å². The van der Waals surface area contributed by atoms with Gasteiger partial charge in [0.05, 0.1) is 11.9 Å². The molecule has 4 aromatic rings. The number of nitrogens with one attached hydrogen (secondary N) is 2. The van der Waals surface area contributed by atoms with Gasteiger partial charge in [0.1, 0.15) is 28.2 Å². The number of nitrogens with two attached hydrogens (primary N) is 1. The third-order valence-electron chi connectivity index (χ3n) is 5.49. The summed E-state index contributed by atoms with van der Waals surface area (Å²) in [5.41, 5.74) is 6.36. The molecule has 4 rings (SSSR count). The number of alkyl halides is 3. The number of carbonyl (C=O) groups excluding carboxylic acids is 2. The predicted octanol–water partition coefficient (Wildman–Crippen LogP) is 1.06. The van der Waals surface area contributed by atoms with Gasteiger partial charge in [0.25, 0.3) is 11.1 Å². The highest BCUT2D eigenvalue weighted by molar-refractivity contribution is 5.79. The Morgan fingerprint density at radius 3 is 2.05 bits per heavy atom. The molecule has 41 heavy (non-hydrogen) atoms. The molecule has 2 aromatic carbocycles. The Kier molecular flexibility index (Phi) is 8.58. The molecule has 13 heteroatoms. The third kappa shape index (κ3) is 7.86. The van der Waals surface area contributed by atoms with E-state index in [1.807, 2.05) is 6.07 Å². The lowest BCUT2D eigenvalue weighted by molar-refractivity contribution is -0.189. The quantitative estimate of drug-likeness (QED) is 0.221. The van der Waals surface area contributed by atoms with Gasteiger partial charge in [-0.15, -0.1) is 0 Å². The van der Waals surface area contributed by atoms with E-state index < -0.39 is 35.3 Å². The number of nitrogens with zero attached hydrogens (tertiary/aromatic N) is 1. The zero-order chi connectivity index (χ0) is 29.6. The van der Waals surface area contributed by atoms with Gasteiger partial charge in [-0.05, 0) is 54.0 Å². The largest absolute Gasteiger partial charge is 0.491 e. The van der Waals surface area contributed by atoms with E-state index in [4.69, 9.17) is 10.5 Å². The molecule has 0 fully saturated rings. The maximum Gasteiger partial charge on any atom is 0.491 e. The Morgan fingerprint density at radius 2 is 1.46 bits per heavy atom. The van der Waals surface area contributed by atoms with Crippen molar-refractivity contribution in [2.45, 2.75) is 18.6 Å². The summed E-state index contributed by atoms with van der Waals surface area (Å²) in [7, 11) is 0. The van der Waals surface area contributed by atoms with Crippen molar-refractivity contribution >= 4 is 24.1 Å². The molecule has 1 atom stereocenters. The number of hydrogen-bond acceptors (Lipinski definition) is 8. The van der Waals surface area contributed by atoms with Crippen LogP contribution in [-0.4, -0.2) is 39.1 Å².